The van der Waals surface area contributed by atoms with E-state index in [1.165, 1.54) is 24.3 Å². The van der Waals surface area contributed by atoms with Gasteiger partial charge in [-0.2, -0.15) is 0 Å². The Morgan fingerprint density at radius 3 is 2.50 bits per heavy atom. The van der Waals surface area contributed by atoms with Crippen molar-refractivity contribution in [1.82, 2.24) is 15.3 Å². The minimum absolute atomic E-state index is 0.182. The molecule has 0 aliphatic rings. The van der Waals surface area contributed by atoms with Crippen molar-refractivity contribution in [2.24, 2.45) is 0 Å². The number of thiocarbonyl (C=S) groups is 1. The average molecular weight is 320 g/mol. The minimum atomic E-state index is -0.999. The van der Waals surface area contributed by atoms with Crippen molar-refractivity contribution in [3.8, 4) is 0 Å². The van der Waals surface area contributed by atoms with Crippen molar-refractivity contribution in [3.63, 3.8) is 0 Å². The fourth-order valence-electron chi connectivity index (χ4n) is 1.78. The van der Waals surface area contributed by atoms with Gasteiger partial charge in [0.25, 0.3) is 0 Å². The van der Waals surface area contributed by atoms with E-state index in [1.807, 2.05) is 0 Å². The Bertz CT molecular complexity index is 652. The first-order chi connectivity index (χ1) is 10.5. The van der Waals surface area contributed by atoms with E-state index in [9.17, 15) is 9.18 Å². The zero-order chi connectivity index (χ0) is 15.9. The fraction of sp³-hybridized carbons (Fsp3) is 0.143. The van der Waals surface area contributed by atoms with Gasteiger partial charge in [0.15, 0.2) is 5.11 Å². The van der Waals surface area contributed by atoms with Gasteiger partial charge in [0.05, 0.1) is 12.5 Å². The van der Waals surface area contributed by atoms with Crippen LogP contribution in [0.15, 0.2) is 42.7 Å². The van der Waals surface area contributed by atoms with Crippen LogP contribution in [0.5, 0.6) is 0 Å². The summed E-state index contributed by atoms with van der Waals surface area (Å²) in [5.41, 5.74) is 0.613. The molecular weight excluding hydrogens is 307 g/mol. The molecule has 0 bridgehead atoms. The number of hydrogen-bond donors (Lipinski definition) is 3. The first kappa shape index (κ1) is 15.8. The fourth-order valence-corrected chi connectivity index (χ4v) is 2.01. The number of carboxylic acid groups (broad SMARTS) is 1. The highest BCUT2D eigenvalue weighted by molar-refractivity contribution is 7.80. The topological polar surface area (TPSA) is 87.1 Å². The molecule has 1 heterocycles. The summed E-state index contributed by atoms with van der Waals surface area (Å²) in [6, 6.07) is 6.62. The summed E-state index contributed by atoms with van der Waals surface area (Å²) in [5, 5.41) is 14.8. The SMILES string of the molecule is O=C(O)C[C@@H](NC(=S)Nc1ncccn1)c1ccc(F)cc1. The molecule has 0 fully saturated rings. The first-order valence-corrected chi connectivity index (χ1v) is 6.77. The molecule has 1 aromatic heterocycles. The van der Waals surface area contributed by atoms with Crippen LogP contribution in [0, 0.1) is 5.82 Å². The number of carboxylic acids is 1. The van der Waals surface area contributed by atoms with Crippen LogP contribution in [-0.2, 0) is 4.79 Å². The standard InChI is InChI=1S/C14H13FN4O2S/c15-10-4-2-9(3-5-10)11(8-12(20)21)18-14(22)19-13-16-6-1-7-17-13/h1-7,11H,8H2,(H,20,21)(H2,16,17,18,19,22)/t11-/m1/s1. The molecule has 0 radical (unpaired) electrons. The molecule has 0 aliphatic heterocycles. The lowest BCUT2D eigenvalue weighted by atomic mass is 10.0. The maximum atomic E-state index is 13.0. The van der Waals surface area contributed by atoms with E-state index < -0.39 is 17.8 Å². The Morgan fingerprint density at radius 1 is 1.27 bits per heavy atom. The Labute approximate surface area is 131 Å². The lowest BCUT2D eigenvalue weighted by Gasteiger charge is -2.19. The van der Waals surface area contributed by atoms with Crippen LogP contribution < -0.4 is 10.6 Å². The molecule has 1 atom stereocenters. The summed E-state index contributed by atoms with van der Waals surface area (Å²) >= 11 is 5.12. The van der Waals surface area contributed by atoms with Crippen LogP contribution in [0.4, 0.5) is 10.3 Å². The summed E-state index contributed by atoms with van der Waals surface area (Å²) in [6.45, 7) is 0. The third-order valence-corrected chi connectivity index (χ3v) is 2.97. The summed E-state index contributed by atoms with van der Waals surface area (Å²) in [4.78, 5) is 18.9. The summed E-state index contributed by atoms with van der Waals surface area (Å²) in [5.74, 6) is -1.09. The van der Waals surface area contributed by atoms with Gasteiger partial charge in [0.2, 0.25) is 5.95 Å². The van der Waals surface area contributed by atoms with Gasteiger partial charge in [-0.3, -0.25) is 4.79 Å². The van der Waals surface area contributed by atoms with E-state index in [0.29, 0.717) is 11.5 Å². The Hall–Kier alpha value is -2.61. The second kappa shape index (κ2) is 7.41. The molecule has 3 N–H and O–H groups in total. The molecule has 6 nitrogen and oxygen atoms in total. The predicted octanol–water partition coefficient (Wildman–Crippen LogP) is 2.12. The molecule has 2 rings (SSSR count). The zero-order valence-electron chi connectivity index (χ0n) is 11.4. The van der Waals surface area contributed by atoms with Gasteiger partial charge in [0, 0.05) is 12.4 Å². The number of nitrogens with one attached hydrogen (secondary N) is 2. The van der Waals surface area contributed by atoms with Crippen molar-refractivity contribution in [3.05, 3.63) is 54.1 Å². The maximum absolute atomic E-state index is 13.0. The molecule has 2 aromatic rings. The van der Waals surface area contributed by atoms with Crippen LogP contribution in [-0.4, -0.2) is 26.2 Å². The van der Waals surface area contributed by atoms with Gasteiger partial charge in [-0.15, -0.1) is 0 Å². The average Bonchev–Trinajstić information content (AvgIpc) is 2.48. The third-order valence-electron chi connectivity index (χ3n) is 2.75. The molecule has 0 saturated carbocycles. The van der Waals surface area contributed by atoms with Crippen LogP contribution in [0.25, 0.3) is 0 Å². The van der Waals surface area contributed by atoms with E-state index in [1.54, 1.807) is 18.5 Å². The van der Waals surface area contributed by atoms with Crippen LogP contribution in [0.1, 0.15) is 18.0 Å². The van der Waals surface area contributed by atoms with Crippen LogP contribution in [0.3, 0.4) is 0 Å². The number of anilines is 1. The van der Waals surface area contributed by atoms with Crippen molar-refractivity contribution in [2.45, 2.75) is 12.5 Å². The molecule has 0 amide bonds. The van der Waals surface area contributed by atoms with Gasteiger partial charge in [-0.05, 0) is 36.0 Å². The van der Waals surface area contributed by atoms with Crippen molar-refractivity contribution in [1.29, 1.82) is 0 Å². The minimum Gasteiger partial charge on any atom is -0.481 e. The smallest absolute Gasteiger partial charge is 0.305 e. The molecule has 0 saturated heterocycles. The number of nitrogens with zero attached hydrogens (tertiary/aromatic N) is 2. The molecule has 1 aromatic carbocycles. The van der Waals surface area contributed by atoms with Gasteiger partial charge in [-0.25, -0.2) is 14.4 Å². The molecule has 8 heteroatoms. The Morgan fingerprint density at radius 2 is 1.91 bits per heavy atom. The zero-order valence-corrected chi connectivity index (χ0v) is 12.2. The van der Waals surface area contributed by atoms with Gasteiger partial charge < -0.3 is 15.7 Å². The molecule has 22 heavy (non-hydrogen) atoms. The highest BCUT2D eigenvalue weighted by atomic mass is 32.1. The molecule has 0 unspecified atom stereocenters. The maximum Gasteiger partial charge on any atom is 0.305 e. The number of halogens is 1. The number of aliphatic carboxylic acids is 1. The van der Waals surface area contributed by atoms with Crippen LogP contribution >= 0.6 is 12.2 Å². The summed E-state index contributed by atoms with van der Waals surface area (Å²) < 4.78 is 13.0. The van der Waals surface area contributed by atoms with Crippen LogP contribution in [0.2, 0.25) is 0 Å². The van der Waals surface area contributed by atoms with Gasteiger partial charge in [-0.1, -0.05) is 12.1 Å². The normalized spacial score (nSPS) is 11.5. The van der Waals surface area contributed by atoms with Crippen molar-refractivity contribution in [2.75, 3.05) is 5.32 Å². The monoisotopic (exact) mass is 320 g/mol. The van der Waals surface area contributed by atoms with Crippen molar-refractivity contribution < 1.29 is 14.3 Å². The predicted molar refractivity (Wildman–Crippen MR) is 82.8 cm³/mol. The Balaban J connectivity index is 2.07. The number of rotatable bonds is 5. The lowest BCUT2D eigenvalue weighted by Crippen LogP contribution is -2.34. The highest BCUT2D eigenvalue weighted by Gasteiger charge is 2.17. The molecule has 0 aliphatic carbocycles. The number of benzene rings is 1. The summed E-state index contributed by atoms with van der Waals surface area (Å²) in [6.07, 6.45) is 2.89. The van der Waals surface area contributed by atoms with E-state index in [4.69, 9.17) is 17.3 Å². The largest absolute Gasteiger partial charge is 0.481 e. The number of carbonyl (C=O) groups is 1. The summed E-state index contributed by atoms with van der Waals surface area (Å²) in [7, 11) is 0. The molecular formula is C14H13FN4O2S. The number of hydrogen-bond acceptors (Lipinski definition) is 4. The van der Waals surface area contributed by atoms with E-state index in [2.05, 4.69) is 20.6 Å². The second-order valence-electron chi connectivity index (χ2n) is 4.37. The molecule has 114 valence electrons. The van der Waals surface area contributed by atoms with Crippen molar-refractivity contribution >= 4 is 29.2 Å². The third kappa shape index (κ3) is 4.74. The Kier molecular flexibility index (Phi) is 5.31. The van der Waals surface area contributed by atoms with E-state index in [-0.39, 0.29) is 11.5 Å². The number of aromatic nitrogens is 2. The van der Waals surface area contributed by atoms with E-state index >= 15 is 0 Å². The first-order valence-electron chi connectivity index (χ1n) is 6.36. The lowest BCUT2D eigenvalue weighted by molar-refractivity contribution is -0.137. The second-order valence-corrected chi connectivity index (χ2v) is 4.78. The van der Waals surface area contributed by atoms with E-state index in [0.717, 1.165) is 0 Å². The van der Waals surface area contributed by atoms with Gasteiger partial charge >= 0.3 is 5.97 Å². The highest BCUT2D eigenvalue weighted by Crippen LogP contribution is 2.17. The molecule has 0 spiro atoms. The van der Waals surface area contributed by atoms with Gasteiger partial charge in [0.1, 0.15) is 5.82 Å². The quantitative estimate of drug-likeness (QED) is 0.727.